The lowest BCUT2D eigenvalue weighted by Crippen LogP contribution is -2.34. The molecule has 0 aromatic heterocycles. The van der Waals surface area contributed by atoms with Crippen LogP contribution in [0, 0.1) is 11.3 Å². The Kier molecular flexibility index (Phi) is 5.71. The van der Waals surface area contributed by atoms with Crippen molar-refractivity contribution in [1.29, 1.82) is 5.26 Å². The molecule has 0 aliphatic rings. The van der Waals surface area contributed by atoms with E-state index in [9.17, 15) is 5.11 Å². The van der Waals surface area contributed by atoms with Crippen LogP contribution in [0.2, 0.25) is 0 Å². The van der Waals surface area contributed by atoms with Crippen molar-refractivity contribution >= 4 is 0 Å². The predicted molar refractivity (Wildman–Crippen MR) is 88.1 cm³/mol. The Morgan fingerprint density at radius 2 is 1.68 bits per heavy atom. The maximum absolute atomic E-state index is 10.4. The van der Waals surface area contributed by atoms with Gasteiger partial charge in [-0.1, -0.05) is 42.5 Å². The van der Waals surface area contributed by atoms with E-state index in [1.165, 1.54) is 0 Å². The monoisotopic (exact) mass is 294 g/mol. The molecule has 0 bridgehead atoms. The number of hydrogen-bond acceptors (Lipinski definition) is 3. The number of hydrogen-bond donors (Lipinski definition) is 1. The molecule has 2 rings (SSSR count). The highest BCUT2D eigenvalue weighted by molar-refractivity contribution is 5.31. The van der Waals surface area contributed by atoms with Crippen molar-refractivity contribution in [2.45, 2.75) is 32.5 Å². The summed E-state index contributed by atoms with van der Waals surface area (Å²) in [5.41, 5.74) is 2.75. The Morgan fingerprint density at radius 3 is 2.23 bits per heavy atom. The molecule has 3 heteroatoms. The smallest absolute Gasteiger partial charge is 0.0991 e. The van der Waals surface area contributed by atoms with Crippen molar-refractivity contribution in [3.8, 4) is 6.07 Å². The van der Waals surface area contributed by atoms with Crippen molar-refractivity contribution in [3.63, 3.8) is 0 Å². The SMILES string of the molecule is CC(C)N(Cc1ccc(C#N)cc1)CC(O)c1ccccc1. The Hall–Kier alpha value is -2.15. The summed E-state index contributed by atoms with van der Waals surface area (Å²) in [5, 5.41) is 19.3. The fourth-order valence-corrected chi connectivity index (χ4v) is 2.38. The number of aliphatic hydroxyl groups excluding tert-OH is 1. The zero-order chi connectivity index (χ0) is 15.9. The van der Waals surface area contributed by atoms with Gasteiger partial charge in [0.15, 0.2) is 0 Å². The summed E-state index contributed by atoms with van der Waals surface area (Å²) in [7, 11) is 0. The van der Waals surface area contributed by atoms with Gasteiger partial charge in [-0.15, -0.1) is 0 Å². The molecule has 0 saturated carbocycles. The fourth-order valence-electron chi connectivity index (χ4n) is 2.38. The van der Waals surface area contributed by atoms with E-state index < -0.39 is 6.10 Å². The van der Waals surface area contributed by atoms with Crippen LogP contribution in [0.3, 0.4) is 0 Å². The summed E-state index contributed by atoms with van der Waals surface area (Å²) in [4.78, 5) is 2.24. The van der Waals surface area contributed by atoms with Gasteiger partial charge in [0.2, 0.25) is 0 Å². The first kappa shape index (κ1) is 16.2. The molecule has 0 amide bonds. The summed E-state index contributed by atoms with van der Waals surface area (Å²) >= 11 is 0. The molecule has 0 fully saturated rings. The van der Waals surface area contributed by atoms with Gasteiger partial charge in [0.05, 0.1) is 17.7 Å². The normalized spacial score (nSPS) is 12.4. The van der Waals surface area contributed by atoms with Crippen LogP contribution < -0.4 is 0 Å². The van der Waals surface area contributed by atoms with Gasteiger partial charge in [-0.2, -0.15) is 5.26 Å². The van der Waals surface area contributed by atoms with Crippen molar-refractivity contribution in [1.82, 2.24) is 4.90 Å². The number of rotatable bonds is 6. The first-order chi connectivity index (χ1) is 10.6. The molecule has 0 heterocycles. The minimum absolute atomic E-state index is 0.328. The third kappa shape index (κ3) is 4.42. The van der Waals surface area contributed by atoms with Gasteiger partial charge in [0.25, 0.3) is 0 Å². The standard InChI is InChI=1S/C19H22N2O/c1-15(2)21(13-17-10-8-16(12-20)9-11-17)14-19(22)18-6-4-3-5-7-18/h3-11,15,19,22H,13-14H2,1-2H3. The van der Waals surface area contributed by atoms with E-state index in [1.807, 2.05) is 54.6 Å². The third-order valence-corrected chi connectivity index (χ3v) is 3.79. The van der Waals surface area contributed by atoms with Crippen molar-refractivity contribution in [2.75, 3.05) is 6.54 Å². The molecule has 0 saturated heterocycles. The summed E-state index contributed by atoms with van der Waals surface area (Å²) in [6, 6.07) is 19.8. The first-order valence-corrected chi connectivity index (χ1v) is 7.56. The van der Waals surface area contributed by atoms with Crippen LogP contribution >= 0.6 is 0 Å². The molecule has 3 nitrogen and oxygen atoms in total. The number of nitrogens with zero attached hydrogens (tertiary/aromatic N) is 2. The van der Waals surface area contributed by atoms with Crippen LogP contribution in [0.15, 0.2) is 54.6 Å². The molecule has 2 aromatic carbocycles. The Labute approximate surface area is 132 Å². The summed E-state index contributed by atoms with van der Waals surface area (Å²) in [5.74, 6) is 0. The molecule has 0 radical (unpaired) electrons. The van der Waals surface area contributed by atoms with Gasteiger partial charge < -0.3 is 5.11 Å². The zero-order valence-electron chi connectivity index (χ0n) is 13.1. The number of aliphatic hydroxyl groups is 1. The van der Waals surface area contributed by atoms with E-state index >= 15 is 0 Å². The lowest BCUT2D eigenvalue weighted by molar-refractivity contribution is 0.0908. The van der Waals surface area contributed by atoms with Crippen LogP contribution in [-0.4, -0.2) is 22.6 Å². The van der Waals surface area contributed by atoms with Gasteiger partial charge in [0, 0.05) is 19.1 Å². The lowest BCUT2D eigenvalue weighted by Gasteiger charge is -2.29. The second-order valence-corrected chi connectivity index (χ2v) is 5.76. The van der Waals surface area contributed by atoms with E-state index in [0.717, 1.165) is 17.7 Å². The average molecular weight is 294 g/mol. The molecular formula is C19H22N2O. The van der Waals surface area contributed by atoms with E-state index in [1.54, 1.807) is 0 Å². The zero-order valence-corrected chi connectivity index (χ0v) is 13.1. The molecule has 0 aliphatic carbocycles. The first-order valence-electron chi connectivity index (χ1n) is 7.56. The molecule has 1 unspecified atom stereocenters. The molecular weight excluding hydrogens is 272 g/mol. The Bertz CT molecular complexity index is 614. The molecule has 2 aromatic rings. The van der Waals surface area contributed by atoms with E-state index in [-0.39, 0.29) is 0 Å². The van der Waals surface area contributed by atoms with Crippen LogP contribution in [0.4, 0.5) is 0 Å². The molecule has 22 heavy (non-hydrogen) atoms. The number of benzene rings is 2. The Morgan fingerprint density at radius 1 is 1.05 bits per heavy atom. The highest BCUT2D eigenvalue weighted by Crippen LogP contribution is 2.17. The van der Waals surface area contributed by atoms with Crippen molar-refractivity contribution in [2.24, 2.45) is 0 Å². The van der Waals surface area contributed by atoms with E-state index in [2.05, 4.69) is 24.8 Å². The largest absolute Gasteiger partial charge is 0.387 e. The van der Waals surface area contributed by atoms with Crippen LogP contribution in [0.5, 0.6) is 0 Å². The molecule has 0 aliphatic heterocycles. The minimum atomic E-state index is -0.498. The summed E-state index contributed by atoms with van der Waals surface area (Å²) in [6.45, 7) is 5.59. The topological polar surface area (TPSA) is 47.3 Å². The van der Waals surface area contributed by atoms with E-state index in [0.29, 0.717) is 18.2 Å². The highest BCUT2D eigenvalue weighted by atomic mass is 16.3. The third-order valence-electron chi connectivity index (χ3n) is 3.79. The number of nitriles is 1. The maximum atomic E-state index is 10.4. The van der Waals surface area contributed by atoms with Crippen LogP contribution in [-0.2, 0) is 6.54 Å². The maximum Gasteiger partial charge on any atom is 0.0991 e. The molecule has 1 N–H and O–H groups in total. The van der Waals surface area contributed by atoms with Gasteiger partial charge in [-0.25, -0.2) is 0 Å². The highest BCUT2D eigenvalue weighted by Gasteiger charge is 2.16. The second-order valence-electron chi connectivity index (χ2n) is 5.76. The van der Waals surface area contributed by atoms with Gasteiger partial charge in [-0.05, 0) is 37.1 Å². The second kappa shape index (κ2) is 7.74. The van der Waals surface area contributed by atoms with E-state index in [4.69, 9.17) is 5.26 Å². The molecule has 114 valence electrons. The average Bonchev–Trinajstić information content (AvgIpc) is 2.55. The molecule has 0 spiro atoms. The van der Waals surface area contributed by atoms with Gasteiger partial charge in [-0.3, -0.25) is 4.90 Å². The summed E-state index contributed by atoms with van der Waals surface area (Å²) in [6.07, 6.45) is -0.498. The van der Waals surface area contributed by atoms with Crippen molar-refractivity contribution in [3.05, 3.63) is 71.3 Å². The quantitative estimate of drug-likeness (QED) is 0.887. The Balaban J connectivity index is 2.05. The summed E-state index contributed by atoms with van der Waals surface area (Å²) < 4.78 is 0. The van der Waals surface area contributed by atoms with Crippen LogP contribution in [0.1, 0.15) is 36.6 Å². The van der Waals surface area contributed by atoms with Crippen LogP contribution in [0.25, 0.3) is 0 Å². The molecule has 1 atom stereocenters. The fraction of sp³-hybridized carbons (Fsp3) is 0.316. The van der Waals surface area contributed by atoms with Crippen molar-refractivity contribution < 1.29 is 5.11 Å². The van der Waals surface area contributed by atoms with Gasteiger partial charge in [0.1, 0.15) is 0 Å². The predicted octanol–water partition coefficient (Wildman–Crippen LogP) is 3.50. The lowest BCUT2D eigenvalue weighted by atomic mass is 10.1. The minimum Gasteiger partial charge on any atom is -0.387 e. The van der Waals surface area contributed by atoms with Gasteiger partial charge >= 0.3 is 0 Å².